The van der Waals surface area contributed by atoms with E-state index in [9.17, 15) is 0 Å². The van der Waals surface area contributed by atoms with Gasteiger partial charge in [0.15, 0.2) is 0 Å². The van der Waals surface area contributed by atoms with E-state index in [1.807, 2.05) is 0 Å². The molecule has 0 fully saturated rings. The summed E-state index contributed by atoms with van der Waals surface area (Å²) in [5, 5.41) is 11.6. The molecule has 0 aromatic rings. The molecule has 0 amide bonds. The van der Waals surface area contributed by atoms with Crippen LogP contribution in [0.4, 0.5) is 0 Å². The molecule has 4 nitrogen and oxygen atoms in total. The minimum absolute atomic E-state index is 0.692. The van der Waals surface area contributed by atoms with E-state index in [-0.39, 0.29) is 0 Å². The van der Waals surface area contributed by atoms with Gasteiger partial charge in [-0.15, -0.1) is 0 Å². The zero-order valence-electron chi connectivity index (χ0n) is 20.3. The molecule has 0 rings (SSSR count). The summed E-state index contributed by atoms with van der Waals surface area (Å²) < 4.78 is 0. The molecular formula is C22H52GeN4S2. The van der Waals surface area contributed by atoms with Gasteiger partial charge >= 0.3 is 193 Å². The molecule has 0 aliphatic rings. The standard InChI is InChI=1S/C22H52GeN4S2/c1-19(2)9-11-23(12-10-20(3)4,28-21(5)17-26-15-7-13-24)29-22(6)18-27-16-8-14-25/h19-22,26-27H,7-18,24-25H2,1-6H3. The second-order valence-corrected chi connectivity index (χ2v) is 29.8. The van der Waals surface area contributed by atoms with Gasteiger partial charge in [0.25, 0.3) is 0 Å². The van der Waals surface area contributed by atoms with Crippen LogP contribution in [0.5, 0.6) is 0 Å². The Morgan fingerprint density at radius 2 is 1.07 bits per heavy atom. The molecule has 0 saturated carbocycles. The fraction of sp³-hybridized carbons (Fsp3) is 1.00. The Hall–Kier alpha value is 1.08. The van der Waals surface area contributed by atoms with Crippen LogP contribution in [0.25, 0.3) is 0 Å². The van der Waals surface area contributed by atoms with E-state index in [1.165, 1.54) is 23.3 Å². The van der Waals surface area contributed by atoms with Crippen LogP contribution in [0.3, 0.4) is 0 Å². The summed E-state index contributed by atoms with van der Waals surface area (Å²) >= 11 is 0. The van der Waals surface area contributed by atoms with Crippen LogP contribution in [0.15, 0.2) is 0 Å². The summed E-state index contributed by atoms with van der Waals surface area (Å²) in [7, 11) is 2.73. The van der Waals surface area contributed by atoms with E-state index in [0.717, 1.165) is 63.9 Å². The van der Waals surface area contributed by atoms with Crippen LogP contribution in [0, 0.1) is 11.8 Å². The molecule has 0 saturated heterocycles. The van der Waals surface area contributed by atoms with Crippen LogP contribution in [0.1, 0.15) is 67.2 Å². The first-order chi connectivity index (χ1) is 13.7. The molecule has 0 aromatic heterocycles. The maximum atomic E-state index is 5.64. The number of hydrogen-bond acceptors (Lipinski definition) is 6. The molecule has 0 bridgehead atoms. The summed E-state index contributed by atoms with van der Waals surface area (Å²) in [5.74, 6) is 1.60. The van der Waals surface area contributed by atoms with E-state index in [0.29, 0.717) is 10.5 Å². The van der Waals surface area contributed by atoms with Crippen molar-refractivity contribution in [2.75, 3.05) is 39.3 Å². The molecule has 0 aliphatic carbocycles. The van der Waals surface area contributed by atoms with E-state index in [4.69, 9.17) is 11.5 Å². The molecule has 2 atom stereocenters. The Kier molecular flexibility index (Phi) is 19.3. The fourth-order valence-corrected chi connectivity index (χ4v) is 32.5. The van der Waals surface area contributed by atoms with Gasteiger partial charge in [-0.05, 0) is 0 Å². The minimum atomic E-state index is -2.10. The van der Waals surface area contributed by atoms with E-state index >= 15 is 0 Å². The Balaban J connectivity index is 5.06. The average molecular weight is 509 g/mol. The number of nitrogens with one attached hydrogen (secondary N) is 2. The summed E-state index contributed by atoms with van der Waals surface area (Å²) in [6, 6.07) is 0. The van der Waals surface area contributed by atoms with Crippen molar-refractivity contribution in [1.29, 1.82) is 0 Å². The van der Waals surface area contributed by atoms with Gasteiger partial charge in [-0.3, -0.25) is 0 Å². The molecular weight excluding hydrogens is 457 g/mol. The van der Waals surface area contributed by atoms with Gasteiger partial charge in [0.1, 0.15) is 0 Å². The Bertz CT molecular complexity index is 339. The zero-order valence-corrected chi connectivity index (χ0v) is 24.0. The number of nitrogens with two attached hydrogens (primary N) is 2. The van der Waals surface area contributed by atoms with Gasteiger partial charge in [0.05, 0.1) is 0 Å². The van der Waals surface area contributed by atoms with E-state index in [1.54, 1.807) is 0 Å². The van der Waals surface area contributed by atoms with Crippen molar-refractivity contribution in [2.45, 2.75) is 88.2 Å². The predicted molar refractivity (Wildman–Crippen MR) is 141 cm³/mol. The molecule has 176 valence electrons. The Morgan fingerprint density at radius 1 is 0.690 bits per heavy atom. The maximum absolute atomic E-state index is 5.64. The molecule has 0 aliphatic heterocycles. The zero-order chi connectivity index (χ0) is 22.1. The summed E-state index contributed by atoms with van der Waals surface area (Å²) in [6.45, 7) is 20.3. The van der Waals surface area contributed by atoms with Crippen molar-refractivity contribution < 1.29 is 0 Å². The molecule has 0 spiro atoms. The normalized spacial score (nSPS) is 14.7. The summed E-state index contributed by atoms with van der Waals surface area (Å²) in [5.41, 5.74) is 11.3. The van der Waals surface area contributed by atoms with Gasteiger partial charge in [-0.1, -0.05) is 0 Å². The summed E-state index contributed by atoms with van der Waals surface area (Å²) in [6.07, 6.45) is 4.92. The topological polar surface area (TPSA) is 76.1 Å². The summed E-state index contributed by atoms with van der Waals surface area (Å²) in [4.78, 5) is 0. The van der Waals surface area contributed by atoms with Gasteiger partial charge in [0, 0.05) is 0 Å². The second kappa shape index (κ2) is 18.6. The molecule has 0 aromatic carbocycles. The molecule has 7 heteroatoms. The monoisotopic (exact) mass is 510 g/mol. The van der Waals surface area contributed by atoms with Crippen LogP contribution < -0.4 is 22.1 Å². The molecule has 0 heterocycles. The third-order valence-electron chi connectivity index (χ3n) is 5.02. The van der Waals surface area contributed by atoms with Gasteiger partial charge < -0.3 is 0 Å². The van der Waals surface area contributed by atoms with Crippen molar-refractivity contribution in [3.8, 4) is 0 Å². The molecule has 6 N–H and O–H groups in total. The van der Waals surface area contributed by atoms with Gasteiger partial charge in [-0.2, -0.15) is 0 Å². The predicted octanol–water partition coefficient (Wildman–Crippen LogP) is 4.64. The van der Waals surface area contributed by atoms with Gasteiger partial charge in [0.2, 0.25) is 0 Å². The van der Waals surface area contributed by atoms with Crippen LogP contribution >= 0.6 is 20.2 Å². The third kappa shape index (κ3) is 17.3. The number of hydrogen-bond donors (Lipinski definition) is 4. The van der Waals surface area contributed by atoms with Crippen molar-refractivity contribution in [2.24, 2.45) is 23.3 Å². The Labute approximate surface area is 192 Å². The average Bonchev–Trinajstić information content (AvgIpc) is 2.65. The van der Waals surface area contributed by atoms with Crippen molar-refractivity contribution >= 4 is 31.2 Å². The van der Waals surface area contributed by atoms with E-state index in [2.05, 4.69) is 72.4 Å². The molecule has 0 radical (unpaired) electrons. The SMILES string of the molecule is CC(C)C[CH2][Ge]([CH2]CC(C)C)([S]C(C)CNCCCN)[S]C(C)CNCCCN. The quantitative estimate of drug-likeness (QED) is 0.142. The first kappa shape index (κ1) is 30.1. The number of rotatable bonds is 20. The van der Waals surface area contributed by atoms with Crippen molar-refractivity contribution in [1.82, 2.24) is 10.6 Å². The first-order valence-corrected chi connectivity index (χ1v) is 21.8. The second-order valence-electron chi connectivity index (χ2n) is 9.33. The Morgan fingerprint density at radius 3 is 1.38 bits per heavy atom. The molecule has 29 heavy (non-hydrogen) atoms. The first-order valence-electron chi connectivity index (χ1n) is 11.9. The van der Waals surface area contributed by atoms with E-state index < -0.39 is 11.0 Å². The van der Waals surface area contributed by atoms with Crippen molar-refractivity contribution in [3.05, 3.63) is 0 Å². The van der Waals surface area contributed by atoms with Crippen molar-refractivity contribution in [3.63, 3.8) is 0 Å². The van der Waals surface area contributed by atoms with Crippen LogP contribution in [0.2, 0.25) is 10.5 Å². The van der Waals surface area contributed by atoms with Crippen LogP contribution in [-0.2, 0) is 0 Å². The fourth-order valence-electron chi connectivity index (χ4n) is 3.29. The van der Waals surface area contributed by atoms with Gasteiger partial charge in [-0.25, -0.2) is 0 Å². The molecule has 2 unspecified atom stereocenters. The third-order valence-corrected chi connectivity index (χ3v) is 29.1. The van der Waals surface area contributed by atoms with Crippen LogP contribution in [-0.4, -0.2) is 60.7 Å².